The molecule has 0 aliphatic heterocycles. The molecule has 2 rings (SSSR count). The maximum atomic E-state index is 12.3. The van der Waals surface area contributed by atoms with Gasteiger partial charge in [-0.1, -0.05) is 18.2 Å². The largest absolute Gasteiger partial charge is 0.322 e. The third-order valence-corrected chi connectivity index (χ3v) is 4.89. The first-order chi connectivity index (χ1) is 9.95. The molecule has 0 bridgehead atoms. The van der Waals surface area contributed by atoms with E-state index in [1.54, 1.807) is 18.4 Å². The molecule has 1 atom stereocenters. The zero-order valence-electron chi connectivity index (χ0n) is 11.9. The second kappa shape index (κ2) is 7.17. The maximum absolute atomic E-state index is 12.3. The number of halogens is 1. The molecule has 0 aromatic heterocycles. The molecule has 0 radical (unpaired) electrons. The number of hydrogen-bond acceptors (Lipinski definition) is 2. The number of amides is 1. The number of hydrogen-bond donors (Lipinski definition) is 1. The van der Waals surface area contributed by atoms with Crippen LogP contribution in [0.25, 0.3) is 0 Å². The molecule has 0 aliphatic carbocycles. The molecular formula is C16H16INO2S. The third-order valence-electron chi connectivity index (χ3n) is 2.99. The Balaban J connectivity index is 2.16. The Morgan fingerprint density at radius 2 is 2.00 bits per heavy atom. The lowest BCUT2D eigenvalue weighted by Gasteiger charge is -2.08. The highest BCUT2D eigenvalue weighted by Crippen LogP contribution is 2.18. The van der Waals surface area contributed by atoms with Crippen molar-refractivity contribution in [3.8, 4) is 0 Å². The van der Waals surface area contributed by atoms with Crippen molar-refractivity contribution in [2.24, 2.45) is 0 Å². The van der Waals surface area contributed by atoms with Gasteiger partial charge in [-0.2, -0.15) is 0 Å². The number of benzene rings is 2. The van der Waals surface area contributed by atoms with Gasteiger partial charge in [-0.25, -0.2) is 0 Å². The molecule has 0 saturated heterocycles. The van der Waals surface area contributed by atoms with E-state index >= 15 is 0 Å². The fourth-order valence-corrected chi connectivity index (χ4v) is 3.08. The van der Waals surface area contributed by atoms with Gasteiger partial charge in [-0.15, -0.1) is 0 Å². The summed E-state index contributed by atoms with van der Waals surface area (Å²) in [6.45, 7) is 2.03. The first-order valence-corrected chi connectivity index (χ1v) is 9.23. The molecule has 1 amide bonds. The van der Waals surface area contributed by atoms with Crippen LogP contribution in [0.5, 0.6) is 0 Å². The van der Waals surface area contributed by atoms with Gasteiger partial charge in [0.05, 0.1) is 0 Å². The van der Waals surface area contributed by atoms with Crippen molar-refractivity contribution in [3.63, 3.8) is 0 Å². The van der Waals surface area contributed by atoms with E-state index in [0.29, 0.717) is 11.3 Å². The quantitative estimate of drug-likeness (QED) is 0.777. The van der Waals surface area contributed by atoms with Gasteiger partial charge in [0.2, 0.25) is 0 Å². The molecule has 5 heteroatoms. The molecule has 3 nitrogen and oxygen atoms in total. The minimum Gasteiger partial charge on any atom is -0.322 e. The molecule has 0 saturated carbocycles. The van der Waals surface area contributed by atoms with Crippen LogP contribution < -0.4 is 5.32 Å². The number of nitrogens with one attached hydrogen (secondary N) is 1. The van der Waals surface area contributed by atoms with Gasteiger partial charge in [0.15, 0.2) is 0 Å². The average Bonchev–Trinajstić information content (AvgIpc) is 2.42. The maximum Gasteiger partial charge on any atom is 0.255 e. The average molecular weight is 413 g/mol. The van der Waals surface area contributed by atoms with E-state index in [9.17, 15) is 9.00 Å². The summed E-state index contributed by atoms with van der Waals surface area (Å²) < 4.78 is 12.4. The second-order valence-corrected chi connectivity index (χ2v) is 7.43. The number of anilines is 1. The number of rotatable bonds is 4. The van der Waals surface area contributed by atoms with E-state index < -0.39 is 10.8 Å². The summed E-state index contributed by atoms with van der Waals surface area (Å²) in [5.74, 6) is 0.308. The normalized spacial score (nSPS) is 12.0. The van der Waals surface area contributed by atoms with Gasteiger partial charge in [-0.05, 0) is 64.9 Å². The second-order valence-electron chi connectivity index (χ2n) is 4.84. The molecule has 0 fully saturated rings. The predicted molar refractivity (Wildman–Crippen MR) is 96.1 cm³/mol. The fraction of sp³-hybridized carbons (Fsp3) is 0.188. The van der Waals surface area contributed by atoms with E-state index in [0.717, 1.165) is 14.8 Å². The summed E-state index contributed by atoms with van der Waals surface area (Å²) in [6.07, 6.45) is 1.65. The lowest BCUT2D eigenvalue weighted by Crippen LogP contribution is -2.12. The topological polar surface area (TPSA) is 46.2 Å². The Bertz CT molecular complexity index is 700. The van der Waals surface area contributed by atoms with Crippen LogP contribution >= 0.6 is 22.6 Å². The van der Waals surface area contributed by atoms with E-state index in [1.807, 2.05) is 37.3 Å². The standard InChI is InChI=1S/C16H16INO2S/c1-11-6-7-14(9-15(11)17)18-16(19)13-5-3-4-12(8-13)10-21(2)20/h3-9H,10H2,1-2H3,(H,18,19)/t21-/m0/s1. The Morgan fingerprint density at radius 1 is 1.24 bits per heavy atom. The third kappa shape index (κ3) is 4.64. The fourth-order valence-electron chi connectivity index (χ4n) is 1.91. The lowest BCUT2D eigenvalue weighted by atomic mass is 10.1. The van der Waals surface area contributed by atoms with Crippen LogP contribution in [0.3, 0.4) is 0 Å². The van der Waals surface area contributed by atoms with Gasteiger partial charge in [0.1, 0.15) is 0 Å². The predicted octanol–water partition coefficient (Wildman–Crippen LogP) is 3.73. The van der Waals surface area contributed by atoms with Crippen molar-refractivity contribution >= 4 is 45.0 Å². The number of carbonyl (C=O) groups is 1. The summed E-state index contributed by atoms with van der Waals surface area (Å²) >= 11 is 2.24. The van der Waals surface area contributed by atoms with Gasteiger partial charge in [-0.3, -0.25) is 9.00 Å². The van der Waals surface area contributed by atoms with Gasteiger partial charge in [0, 0.05) is 37.6 Å². The smallest absolute Gasteiger partial charge is 0.255 e. The SMILES string of the molecule is Cc1ccc(NC(=O)c2cccc(C[S@](C)=O)c2)cc1I. The Labute approximate surface area is 140 Å². The molecule has 2 aromatic carbocycles. The summed E-state index contributed by atoms with van der Waals surface area (Å²) in [4.78, 5) is 12.3. The van der Waals surface area contributed by atoms with Crippen molar-refractivity contribution < 1.29 is 9.00 Å². The van der Waals surface area contributed by atoms with E-state index in [1.165, 1.54) is 5.56 Å². The lowest BCUT2D eigenvalue weighted by molar-refractivity contribution is 0.102. The molecule has 0 unspecified atom stereocenters. The van der Waals surface area contributed by atoms with Crippen molar-refractivity contribution in [2.45, 2.75) is 12.7 Å². The van der Waals surface area contributed by atoms with Crippen molar-refractivity contribution in [3.05, 3.63) is 62.7 Å². The van der Waals surface area contributed by atoms with Crippen LogP contribution in [-0.2, 0) is 16.6 Å². The zero-order chi connectivity index (χ0) is 15.4. The highest BCUT2D eigenvalue weighted by Gasteiger charge is 2.08. The molecule has 0 aliphatic rings. The van der Waals surface area contributed by atoms with Crippen LogP contribution in [0.2, 0.25) is 0 Å². The zero-order valence-corrected chi connectivity index (χ0v) is 14.8. The summed E-state index contributed by atoms with van der Waals surface area (Å²) in [7, 11) is -0.914. The van der Waals surface area contributed by atoms with Crippen LogP contribution in [0.4, 0.5) is 5.69 Å². The number of aryl methyl sites for hydroxylation is 1. The first-order valence-electron chi connectivity index (χ1n) is 6.42. The summed E-state index contributed by atoms with van der Waals surface area (Å²) in [5, 5.41) is 2.89. The van der Waals surface area contributed by atoms with Crippen molar-refractivity contribution in [2.75, 3.05) is 11.6 Å². The highest BCUT2D eigenvalue weighted by atomic mass is 127. The minimum atomic E-state index is -0.914. The molecule has 2 aromatic rings. The van der Waals surface area contributed by atoms with Crippen LogP contribution in [0, 0.1) is 10.5 Å². The first kappa shape index (κ1) is 16.2. The van der Waals surface area contributed by atoms with E-state index in [4.69, 9.17) is 0 Å². The molecule has 110 valence electrons. The van der Waals surface area contributed by atoms with E-state index in [-0.39, 0.29) is 5.91 Å². The van der Waals surface area contributed by atoms with Gasteiger partial charge in [0.25, 0.3) is 5.91 Å². The van der Waals surface area contributed by atoms with Gasteiger partial charge < -0.3 is 5.32 Å². The van der Waals surface area contributed by atoms with Crippen LogP contribution in [-0.4, -0.2) is 16.4 Å². The molecular weight excluding hydrogens is 397 g/mol. The highest BCUT2D eigenvalue weighted by molar-refractivity contribution is 14.1. The Morgan fingerprint density at radius 3 is 2.67 bits per heavy atom. The molecule has 0 spiro atoms. The Kier molecular flexibility index (Phi) is 5.52. The summed E-state index contributed by atoms with van der Waals surface area (Å²) in [5.41, 5.74) is 3.44. The van der Waals surface area contributed by atoms with Crippen LogP contribution in [0.1, 0.15) is 21.5 Å². The number of carbonyl (C=O) groups excluding carboxylic acids is 1. The van der Waals surface area contributed by atoms with Crippen LogP contribution in [0.15, 0.2) is 42.5 Å². The van der Waals surface area contributed by atoms with Crippen molar-refractivity contribution in [1.29, 1.82) is 0 Å². The van der Waals surface area contributed by atoms with Gasteiger partial charge >= 0.3 is 0 Å². The van der Waals surface area contributed by atoms with E-state index in [2.05, 4.69) is 27.9 Å². The Hall–Kier alpha value is -1.21. The minimum absolute atomic E-state index is 0.154. The molecule has 21 heavy (non-hydrogen) atoms. The monoisotopic (exact) mass is 413 g/mol. The van der Waals surface area contributed by atoms with Crippen molar-refractivity contribution in [1.82, 2.24) is 0 Å². The molecule has 1 N–H and O–H groups in total. The summed E-state index contributed by atoms with van der Waals surface area (Å²) in [6, 6.07) is 13.1. The molecule has 0 heterocycles.